The van der Waals surface area contributed by atoms with Crippen molar-refractivity contribution in [1.82, 2.24) is 20.2 Å². The van der Waals surface area contributed by atoms with E-state index in [4.69, 9.17) is 11.6 Å². The van der Waals surface area contributed by atoms with E-state index in [1.54, 1.807) is 12.4 Å². The molecule has 1 aliphatic heterocycles. The SMILES string of the molecule is O=c1[nH]nc(C2C(C3CC3)CCN2c2ccncc2Cl)[nH]1. The largest absolute Gasteiger partial charge is 0.360 e. The van der Waals surface area contributed by atoms with Gasteiger partial charge in [-0.2, -0.15) is 5.10 Å². The Morgan fingerprint density at radius 3 is 2.86 bits per heavy atom. The lowest BCUT2D eigenvalue weighted by Gasteiger charge is -2.28. The molecular formula is C14H16ClN5O. The van der Waals surface area contributed by atoms with Gasteiger partial charge in [-0.15, -0.1) is 0 Å². The molecule has 2 unspecified atom stereocenters. The number of nitrogens with one attached hydrogen (secondary N) is 2. The van der Waals surface area contributed by atoms with Crippen molar-refractivity contribution in [1.29, 1.82) is 0 Å². The fourth-order valence-electron chi connectivity index (χ4n) is 3.48. The molecule has 0 aromatic carbocycles. The van der Waals surface area contributed by atoms with Crippen molar-refractivity contribution in [3.63, 3.8) is 0 Å². The molecule has 0 bridgehead atoms. The lowest BCUT2D eigenvalue weighted by molar-refractivity contribution is 0.415. The first-order valence-corrected chi connectivity index (χ1v) is 7.62. The van der Waals surface area contributed by atoms with Gasteiger partial charge in [0.1, 0.15) is 0 Å². The fraction of sp³-hybridized carbons (Fsp3) is 0.500. The van der Waals surface area contributed by atoms with E-state index in [1.807, 2.05) is 6.07 Å². The average Bonchev–Trinajstić information content (AvgIpc) is 3.09. The fourth-order valence-corrected chi connectivity index (χ4v) is 3.71. The van der Waals surface area contributed by atoms with Crippen LogP contribution in [0.5, 0.6) is 0 Å². The van der Waals surface area contributed by atoms with Crippen LogP contribution in [0.2, 0.25) is 5.02 Å². The Hall–Kier alpha value is -1.82. The van der Waals surface area contributed by atoms with Gasteiger partial charge in [0.15, 0.2) is 5.82 Å². The molecule has 3 heterocycles. The van der Waals surface area contributed by atoms with Gasteiger partial charge in [0.05, 0.1) is 16.8 Å². The number of halogens is 1. The zero-order valence-electron chi connectivity index (χ0n) is 11.4. The van der Waals surface area contributed by atoms with Crippen LogP contribution in [0.1, 0.15) is 31.1 Å². The highest BCUT2D eigenvalue weighted by atomic mass is 35.5. The van der Waals surface area contributed by atoms with Crippen molar-refractivity contribution >= 4 is 17.3 Å². The first kappa shape index (κ1) is 12.9. The molecule has 0 radical (unpaired) electrons. The van der Waals surface area contributed by atoms with E-state index in [0.717, 1.165) is 24.6 Å². The molecule has 2 fully saturated rings. The second-order valence-corrected chi connectivity index (χ2v) is 6.23. The molecule has 2 aromatic rings. The van der Waals surface area contributed by atoms with E-state index < -0.39 is 0 Å². The molecule has 110 valence electrons. The molecule has 1 aliphatic carbocycles. The Morgan fingerprint density at radius 1 is 1.33 bits per heavy atom. The second kappa shape index (κ2) is 4.87. The number of hydrogen-bond acceptors (Lipinski definition) is 4. The normalized spacial score (nSPS) is 25.5. The van der Waals surface area contributed by atoms with Crippen molar-refractivity contribution < 1.29 is 0 Å². The van der Waals surface area contributed by atoms with Crippen molar-refractivity contribution in [2.24, 2.45) is 11.8 Å². The lowest BCUT2D eigenvalue weighted by atomic mass is 9.94. The topological polar surface area (TPSA) is 77.7 Å². The maximum atomic E-state index is 11.4. The number of aromatic nitrogens is 4. The van der Waals surface area contributed by atoms with E-state index in [1.165, 1.54) is 12.8 Å². The third kappa shape index (κ3) is 2.23. The highest BCUT2D eigenvalue weighted by Crippen LogP contribution is 2.51. The van der Waals surface area contributed by atoms with Crippen LogP contribution < -0.4 is 10.6 Å². The van der Waals surface area contributed by atoms with Crippen molar-refractivity contribution in [3.05, 3.63) is 39.8 Å². The molecule has 1 saturated heterocycles. The summed E-state index contributed by atoms with van der Waals surface area (Å²) in [6.07, 6.45) is 7.05. The molecule has 6 nitrogen and oxygen atoms in total. The molecule has 2 atom stereocenters. The summed E-state index contributed by atoms with van der Waals surface area (Å²) >= 11 is 6.30. The van der Waals surface area contributed by atoms with Gasteiger partial charge in [0, 0.05) is 18.9 Å². The summed E-state index contributed by atoms with van der Waals surface area (Å²) in [5.41, 5.74) is 0.705. The molecule has 1 saturated carbocycles. The second-order valence-electron chi connectivity index (χ2n) is 5.82. The molecule has 0 amide bonds. The molecule has 2 aromatic heterocycles. The number of hydrogen-bond donors (Lipinski definition) is 2. The first-order chi connectivity index (χ1) is 10.2. The van der Waals surface area contributed by atoms with Gasteiger partial charge in [0.25, 0.3) is 0 Å². The number of nitrogens with zero attached hydrogens (tertiary/aromatic N) is 3. The van der Waals surface area contributed by atoms with Gasteiger partial charge in [-0.1, -0.05) is 11.6 Å². The maximum absolute atomic E-state index is 11.4. The zero-order valence-corrected chi connectivity index (χ0v) is 12.2. The van der Waals surface area contributed by atoms with Crippen molar-refractivity contribution in [3.8, 4) is 0 Å². The summed E-state index contributed by atoms with van der Waals surface area (Å²) in [6, 6.07) is 2.01. The van der Waals surface area contributed by atoms with E-state index in [0.29, 0.717) is 16.8 Å². The summed E-state index contributed by atoms with van der Waals surface area (Å²) in [5, 5.41) is 7.29. The van der Waals surface area contributed by atoms with Crippen LogP contribution in [0, 0.1) is 11.8 Å². The third-order valence-corrected chi connectivity index (χ3v) is 4.82. The number of rotatable bonds is 3. The predicted molar refractivity (Wildman–Crippen MR) is 79.4 cm³/mol. The molecule has 7 heteroatoms. The van der Waals surface area contributed by atoms with Crippen LogP contribution in [-0.4, -0.2) is 26.7 Å². The van der Waals surface area contributed by atoms with Crippen LogP contribution in [-0.2, 0) is 0 Å². The minimum Gasteiger partial charge on any atom is -0.360 e. The number of anilines is 1. The minimum absolute atomic E-state index is 0.0800. The molecule has 4 rings (SSSR count). The molecule has 21 heavy (non-hydrogen) atoms. The van der Waals surface area contributed by atoms with Crippen molar-refractivity contribution in [2.75, 3.05) is 11.4 Å². The molecule has 2 N–H and O–H groups in total. The first-order valence-electron chi connectivity index (χ1n) is 7.25. The van der Waals surface area contributed by atoms with Gasteiger partial charge in [-0.25, -0.2) is 9.89 Å². The van der Waals surface area contributed by atoms with Crippen molar-refractivity contribution in [2.45, 2.75) is 25.3 Å². The van der Waals surface area contributed by atoms with Crippen LogP contribution >= 0.6 is 11.6 Å². The molecular weight excluding hydrogens is 290 g/mol. The number of aromatic amines is 2. The minimum atomic E-state index is -0.257. The summed E-state index contributed by atoms with van der Waals surface area (Å²) in [7, 11) is 0. The van der Waals surface area contributed by atoms with Crippen LogP contribution in [0.25, 0.3) is 0 Å². The quantitative estimate of drug-likeness (QED) is 0.910. The van der Waals surface area contributed by atoms with Gasteiger partial charge >= 0.3 is 5.69 Å². The Balaban J connectivity index is 1.75. The molecule has 2 aliphatic rings. The Morgan fingerprint density at radius 2 is 2.19 bits per heavy atom. The Bertz CT molecular complexity index is 707. The van der Waals surface area contributed by atoms with Gasteiger partial charge in [-0.05, 0) is 37.2 Å². The monoisotopic (exact) mass is 305 g/mol. The van der Waals surface area contributed by atoms with E-state index in [9.17, 15) is 4.79 Å². The number of pyridine rings is 1. The Kier molecular flexibility index (Phi) is 2.99. The standard InChI is InChI=1S/C14H16ClN5O/c15-10-7-16-5-3-11(10)20-6-4-9(8-1-2-8)12(20)13-17-14(21)19-18-13/h3,5,7-9,12H,1-2,4,6H2,(H2,17,18,19,21). The highest BCUT2D eigenvalue weighted by Gasteiger charge is 2.45. The third-order valence-electron chi connectivity index (χ3n) is 4.53. The van der Waals surface area contributed by atoms with E-state index in [2.05, 4.69) is 25.1 Å². The predicted octanol–water partition coefficient (Wildman–Crippen LogP) is 2.12. The van der Waals surface area contributed by atoms with Gasteiger partial charge < -0.3 is 4.90 Å². The molecule has 0 spiro atoms. The van der Waals surface area contributed by atoms with Gasteiger partial charge in [-0.3, -0.25) is 9.97 Å². The number of H-pyrrole nitrogens is 2. The van der Waals surface area contributed by atoms with Crippen LogP contribution in [0.15, 0.2) is 23.3 Å². The summed E-state index contributed by atoms with van der Waals surface area (Å²) in [6.45, 7) is 0.921. The average molecular weight is 306 g/mol. The van der Waals surface area contributed by atoms with E-state index in [-0.39, 0.29) is 11.7 Å². The Labute approximate surface area is 126 Å². The van der Waals surface area contributed by atoms with Crippen LogP contribution in [0.3, 0.4) is 0 Å². The lowest BCUT2D eigenvalue weighted by Crippen LogP contribution is -2.27. The smallest absolute Gasteiger partial charge is 0.340 e. The van der Waals surface area contributed by atoms with Crippen LogP contribution in [0.4, 0.5) is 5.69 Å². The maximum Gasteiger partial charge on any atom is 0.340 e. The summed E-state index contributed by atoms with van der Waals surface area (Å²) < 4.78 is 0. The highest BCUT2D eigenvalue weighted by molar-refractivity contribution is 6.33. The zero-order chi connectivity index (χ0) is 14.4. The van der Waals surface area contributed by atoms with Gasteiger partial charge in [0.2, 0.25) is 0 Å². The summed E-state index contributed by atoms with van der Waals surface area (Å²) in [4.78, 5) is 20.5. The van der Waals surface area contributed by atoms with E-state index >= 15 is 0 Å². The summed E-state index contributed by atoms with van der Waals surface area (Å²) in [5.74, 6) is 1.97.